The molecular formula is C6H12N6O3. The molecule has 0 saturated carbocycles. The Labute approximate surface area is 85.1 Å². The van der Waals surface area contributed by atoms with Crippen LogP contribution in [0, 0.1) is 0 Å². The molecule has 0 aromatic carbocycles. The molecule has 2 unspecified atom stereocenters. The van der Waals surface area contributed by atoms with E-state index in [1.54, 1.807) is 0 Å². The molecule has 84 valence electrons. The first-order valence-electron chi connectivity index (χ1n) is 4.17. The summed E-state index contributed by atoms with van der Waals surface area (Å²) < 4.78 is 0. The predicted molar refractivity (Wildman–Crippen MR) is 48.5 cm³/mol. The fourth-order valence-electron chi connectivity index (χ4n) is 0.987. The lowest BCUT2D eigenvalue weighted by Crippen LogP contribution is -2.69. The number of nitrogens with two attached hydrogens (primary N) is 1. The van der Waals surface area contributed by atoms with E-state index in [2.05, 4.69) is 16.2 Å². The summed E-state index contributed by atoms with van der Waals surface area (Å²) in [5.74, 6) is 3.86. The molecule has 1 aliphatic heterocycles. The van der Waals surface area contributed by atoms with Crippen molar-refractivity contribution < 1.29 is 14.4 Å². The van der Waals surface area contributed by atoms with Crippen LogP contribution in [0.5, 0.6) is 0 Å². The molecule has 1 heterocycles. The topological polar surface area (TPSA) is 137 Å². The molecule has 1 rings (SSSR count). The molecule has 15 heavy (non-hydrogen) atoms. The highest BCUT2D eigenvalue weighted by Gasteiger charge is 2.28. The zero-order chi connectivity index (χ0) is 11.4. The second-order valence-corrected chi connectivity index (χ2v) is 2.92. The number of hydrogen-bond donors (Lipinski definition) is 6. The number of hydrogen-bond acceptors (Lipinski definition) is 6. The molecule has 4 amide bonds. The fraction of sp³-hybridized carbons (Fsp3) is 0.500. The third-order valence-electron chi connectivity index (χ3n) is 1.78. The molecule has 0 aliphatic carbocycles. The molecule has 0 aromatic heterocycles. The Morgan fingerprint density at radius 3 is 2.73 bits per heavy atom. The van der Waals surface area contributed by atoms with E-state index in [1.165, 1.54) is 6.92 Å². The van der Waals surface area contributed by atoms with Gasteiger partial charge in [-0.15, -0.1) is 0 Å². The van der Waals surface area contributed by atoms with Crippen LogP contribution in [0.4, 0.5) is 4.79 Å². The predicted octanol–water partition coefficient (Wildman–Crippen LogP) is -3.38. The summed E-state index contributed by atoms with van der Waals surface area (Å²) in [6, 6.07) is -1.32. The van der Waals surface area contributed by atoms with Crippen molar-refractivity contribution in [3.05, 3.63) is 0 Å². The van der Waals surface area contributed by atoms with Crippen molar-refractivity contribution in [1.29, 1.82) is 0 Å². The van der Waals surface area contributed by atoms with Crippen LogP contribution in [0.2, 0.25) is 0 Å². The van der Waals surface area contributed by atoms with E-state index in [-0.39, 0.29) is 0 Å². The highest BCUT2D eigenvalue weighted by molar-refractivity contribution is 5.99. The van der Waals surface area contributed by atoms with Crippen molar-refractivity contribution >= 4 is 17.8 Å². The lowest BCUT2D eigenvalue weighted by atomic mass is 10.3. The van der Waals surface area contributed by atoms with Crippen molar-refractivity contribution in [1.82, 2.24) is 26.9 Å². The van der Waals surface area contributed by atoms with Crippen LogP contribution in [-0.2, 0) is 9.59 Å². The largest absolute Gasteiger partial charge is 0.335 e. The minimum atomic E-state index is -0.880. The van der Waals surface area contributed by atoms with Crippen LogP contribution >= 0.6 is 0 Å². The van der Waals surface area contributed by atoms with E-state index in [9.17, 15) is 14.4 Å². The highest BCUT2D eigenvalue weighted by Crippen LogP contribution is 1.88. The van der Waals surface area contributed by atoms with Gasteiger partial charge >= 0.3 is 6.03 Å². The number of rotatable bonds is 3. The smallest absolute Gasteiger partial charge is 0.293 e. The molecule has 1 aliphatic rings. The summed E-state index contributed by atoms with van der Waals surface area (Å²) >= 11 is 0. The first-order valence-corrected chi connectivity index (χ1v) is 4.17. The number of amides is 4. The third kappa shape index (κ3) is 2.87. The fourth-order valence-corrected chi connectivity index (χ4v) is 0.987. The van der Waals surface area contributed by atoms with Crippen molar-refractivity contribution in [2.45, 2.75) is 19.1 Å². The van der Waals surface area contributed by atoms with Crippen LogP contribution in [0.3, 0.4) is 0 Å². The van der Waals surface area contributed by atoms with Crippen molar-refractivity contribution in [2.75, 3.05) is 0 Å². The minimum Gasteiger partial charge on any atom is -0.293 e. The first kappa shape index (κ1) is 11.4. The molecule has 0 radical (unpaired) electrons. The Balaban J connectivity index is 2.48. The molecule has 0 bridgehead atoms. The summed E-state index contributed by atoms with van der Waals surface area (Å²) in [5, 5.41) is 4.62. The third-order valence-corrected chi connectivity index (χ3v) is 1.78. The standard InChI is InChI=1S/C6H12N6O3/c1-2(4(13)10-7)8-3-5(14)9-6(15)12-11-3/h2-3,8,11H,7H2,1H3,(H,10,13)(H2,9,12,14,15). The quantitative estimate of drug-likeness (QED) is 0.165. The van der Waals surface area contributed by atoms with E-state index in [4.69, 9.17) is 5.84 Å². The van der Waals surface area contributed by atoms with E-state index in [1.807, 2.05) is 10.7 Å². The number of carbonyl (C=O) groups is 3. The molecular weight excluding hydrogens is 204 g/mol. The van der Waals surface area contributed by atoms with Crippen molar-refractivity contribution in [3.8, 4) is 0 Å². The molecule has 9 heteroatoms. The van der Waals surface area contributed by atoms with Crippen molar-refractivity contribution in [3.63, 3.8) is 0 Å². The van der Waals surface area contributed by atoms with E-state index in [0.717, 1.165) is 0 Å². The maximum absolute atomic E-state index is 11.2. The Morgan fingerprint density at radius 1 is 1.53 bits per heavy atom. The maximum atomic E-state index is 11.2. The lowest BCUT2D eigenvalue weighted by Gasteiger charge is -2.26. The van der Waals surface area contributed by atoms with Gasteiger partial charge in [-0.05, 0) is 6.92 Å². The van der Waals surface area contributed by atoms with Crippen LogP contribution in [0.25, 0.3) is 0 Å². The van der Waals surface area contributed by atoms with Gasteiger partial charge in [0, 0.05) is 0 Å². The molecule has 9 nitrogen and oxygen atoms in total. The molecule has 2 atom stereocenters. The number of imide groups is 1. The average Bonchev–Trinajstić information content (AvgIpc) is 2.20. The summed E-state index contributed by atoms with van der Waals surface area (Å²) in [5.41, 5.74) is 6.49. The van der Waals surface area contributed by atoms with Gasteiger partial charge in [0.15, 0.2) is 6.17 Å². The SMILES string of the molecule is CC(NC1NNC(=O)NC1=O)C(=O)NN. The van der Waals surface area contributed by atoms with Crippen LogP contribution in [0.15, 0.2) is 0 Å². The second kappa shape index (κ2) is 4.68. The molecule has 7 N–H and O–H groups in total. The average molecular weight is 216 g/mol. The van der Waals surface area contributed by atoms with Gasteiger partial charge in [-0.2, -0.15) is 0 Å². The zero-order valence-electron chi connectivity index (χ0n) is 7.96. The van der Waals surface area contributed by atoms with Crippen LogP contribution in [-0.4, -0.2) is 30.1 Å². The van der Waals surface area contributed by atoms with Crippen LogP contribution < -0.4 is 32.8 Å². The van der Waals surface area contributed by atoms with Gasteiger partial charge in [0.1, 0.15) is 0 Å². The van der Waals surface area contributed by atoms with E-state index in [0.29, 0.717) is 0 Å². The molecule has 1 saturated heterocycles. The summed E-state index contributed by atoms with van der Waals surface area (Å²) in [6.45, 7) is 1.52. The Bertz CT molecular complexity index is 293. The highest BCUT2D eigenvalue weighted by atomic mass is 16.2. The first-order chi connectivity index (χ1) is 7.04. The van der Waals surface area contributed by atoms with E-state index < -0.39 is 30.1 Å². The normalized spacial score (nSPS) is 22.7. The second-order valence-electron chi connectivity index (χ2n) is 2.92. The maximum Gasteiger partial charge on any atom is 0.335 e. The minimum absolute atomic E-state index is 0.471. The summed E-state index contributed by atoms with van der Waals surface area (Å²) in [6.07, 6.45) is -0.880. The molecule has 1 fully saturated rings. The zero-order valence-corrected chi connectivity index (χ0v) is 7.96. The van der Waals surface area contributed by atoms with Gasteiger partial charge in [-0.25, -0.2) is 16.1 Å². The van der Waals surface area contributed by atoms with Gasteiger partial charge in [0.05, 0.1) is 6.04 Å². The molecule has 0 spiro atoms. The lowest BCUT2D eigenvalue weighted by molar-refractivity contribution is -0.126. The van der Waals surface area contributed by atoms with Crippen molar-refractivity contribution in [2.24, 2.45) is 5.84 Å². The number of carbonyl (C=O) groups excluding carboxylic acids is 3. The summed E-state index contributed by atoms with van der Waals surface area (Å²) in [7, 11) is 0. The number of urea groups is 1. The number of hydrazine groups is 2. The van der Waals surface area contributed by atoms with Gasteiger partial charge in [0.25, 0.3) is 11.8 Å². The summed E-state index contributed by atoms with van der Waals surface area (Å²) in [4.78, 5) is 32.9. The van der Waals surface area contributed by atoms with Gasteiger partial charge in [-0.1, -0.05) is 0 Å². The Kier molecular flexibility index (Phi) is 3.55. The van der Waals surface area contributed by atoms with Crippen LogP contribution in [0.1, 0.15) is 6.92 Å². The monoisotopic (exact) mass is 216 g/mol. The molecule has 0 aromatic rings. The van der Waals surface area contributed by atoms with Gasteiger partial charge in [0.2, 0.25) is 0 Å². The van der Waals surface area contributed by atoms with Gasteiger partial charge in [-0.3, -0.25) is 31.1 Å². The van der Waals surface area contributed by atoms with E-state index >= 15 is 0 Å². The Morgan fingerprint density at radius 2 is 2.20 bits per heavy atom. The Hall–Kier alpha value is -1.71. The number of nitrogens with one attached hydrogen (secondary N) is 5. The van der Waals surface area contributed by atoms with Gasteiger partial charge < -0.3 is 0 Å².